The van der Waals surface area contributed by atoms with E-state index in [1.165, 1.54) is 0 Å². The summed E-state index contributed by atoms with van der Waals surface area (Å²) in [6.45, 7) is 2.03. The van der Waals surface area contributed by atoms with E-state index >= 15 is 0 Å². The van der Waals surface area contributed by atoms with Crippen LogP contribution in [0.5, 0.6) is 5.75 Å². The molecule has 5 heteroatoms. The number of nitrogens with one attached hydrogen (secondary N) is 1. The van der Waals surface area contributed by atoms with Crippen LogP contribution in [-0.4, -0.2) is 19.1 Å². The van der Waals surface area contributed by atoms with Gasteiger partial charge in [0.05, 0.1) is 12.0 Å². The molecule has 4 nitrogen and oxygen atoms in total. The average Bonchev–Trinajstić information content (AvgIpc) is 2.50. The monoisotopic (exact) mass is 346 g/mol. The van der Waals surface area contributed by atoms with E-state index in [0.29, 0.717) is 12.3 Å². The van der Waals surface area contributed by atoms with E-state index in [4.69, 9.17) is 10.00 Å². The van der Waals surface area contributed by atoms with Crippen LogP contribution in [0.25, 0.3) is 10.8 Å². The van der Waals surface area contributed by atoms with Gasteiger partial charge < -0.3 is 10.1 Å². The lowest BCUT2D eigenvalue weighted by Crippen LogP contribution is -2.32. The summed E-state index contributed by atoms with van der Waals surface area (Å²) in [5.41, 5.74) is 0. The molecule has 0 aromatic heterocycles. The maximum atomic E-state index is 11.6. The zero-order valence-electron chi connectivity index (χ0n) is 11.6. The van der Waals surface area contributed by atoms with Gasteiger partial charge in [-0.3, -0.25) is 4.79 Å². The van der Waals surface area contributed by atoms with Gasteiger partial charge in [0.25, 0.3) is 5.91 Å². The molecule has 21 heavy (non-hydrogen) atoms. The predicted octanol–water partition coefficient (Wildman–Crippen LogP) is 3.26. The number of rotatable bonds is 5. The number of carbonyl (C=O) groups excluding carboxylic acids is 1. The van der Waals surface area contributed by atoms with Crippen molar-refractivity contribution in [3.63, 3.8) is 0 Å². The Labute approximate surface area is 131 Å². The van der Waals surface area contributed by atoms with Crippen molar-refractivity contribution in [2.75, 3.05) is 13.2 Å². The first-order valence-corrected chi connectivity index (χ1v) is 7.36. The number of hydrogen-bond donors (Lipinski definition) is 1. The van der Waals surface area contributed by atoms with Crippen molar-refractivity contribution in [3.8, 4) is 11.8 Å². The van der Waals surface area contributed by atoms with Gasteiger partial charge in [-0.15, -0.1) is 0 Å². The Hall–Kier alpha value is -2.06. The number of fused-ring (bicyclic) bond motifs is 1. The normalized spacial score (nSPS) is 11.7. The van der Waals surface area contributed by atoms with Gasteiger partial charge in [0, 0.05) is 11.0 Å². The van der Waals surface area contributed by atoms with E-state index in [-0.39, 0.29) is 18.4 Å². The Balaban J connectivity index is 1.93. The summed E-state index contributed by atoms with van der Waals surface area (Å²) in [5, 5.41) is 13.4. The molecule has 0 radical (unpaired) electrons. The summed E-state index contributed by atoms with van der Waals surface area (Å²) in [7, 11) is 0. The van der Waals surface area contributed by atoms with Crippen molar-refractivity contribution in [1.29, 1.82) is 5.26 Å². The van der Waals surface area contributed by atoms with Gasteiger partial charge in [0.2, 0.25) is 0 Å². The zero-order valence-corrected chi connectivity index (χ0v) is 13.2. The summed E-state index contributed by atoms with van der Waals surface area (Å²) in [6, 6.07) is 13.7. The van der Waals surface area contributed by atoms with Crippen molar-refractivity contribution >= 4 is 32.6 Å². The molecule has 0 spiro atoms. The van der Waals surface area contributed by atoms with Gasteiger partial charge in [-0.25, -0.2) is 0 Å². The molecule has 0 heterocycles. The van der Waals surface area contributed by atoms with Crippen LogP contribution >= 0.6 is 15.9 Å². The van der Waals surface area contributed by atoms with Crippen LogP contribution in [0, 0.1) is 17.2 Å². The second-order valence-electron chi connectivity index (χ2n) is 4.78. The van der Waals surface area contributed by atoms with Gasteiger partial charge in [-0.05, 0) is 42.0 Å². The fourth-order valence-corrected chi connectivity index (χ4v) is 2.18. The highest BCUT2D eigenvalue weighted by Crippen LogP contribution is 2.24. The number of carbonyl (C=O) groups is 1. The lowest BCUT2D eigenvalue weighted by Gasteiger charge is -2.09. The quantitative estimate of drug-likeness (QED) is 0.903. The molecule has 2 rings (SSSR count). The molecule has 2 aromatic rings. The molecule has 1 atom stereocenters. The molecule has 0 fully saturated rings. The highest BCUT2D eigenvalue weighted by atomic mass is 79.9. The van der Waals surface area contributed by atoms with Crippen molar-refractivity contribution in [1.82, 2.24) is 5.32 Å². The summed E-state index contributed by atoms with van der Waals surface area (Å²) in [6.07, 6.45) is 0. The number of ether oxygens (including phenoxy) is 1. The molecule has 1 amide bonds. The molecule has 108 valence electrons. The van der Waals surface area contributed by atoms with E-state index in [1.807, 2.05) is 36.4 Å². The first-order valence-electron chi connectivity index (χ1n) is 6.57. The van der Waals surface area contributed by atoms with Gasteiger partial charge in [0.1, 0.15) is 5.75 Å². The number of nitriles is 1. The topological polar surface area (TPSA) is 62.1 Å². The molecule has 0 bridgehead atoms. The molecule has 0 saturated carbocycles. The number of amides is 1. The molecule has 0 aliphatic carbocycles. The lowest BCUT2D eigenvalue weighted by atomic mass is 10.1. The van der Waals surface area contributed by atoms with Gasteiger partial charge in [-0.2, -0.15) is 5.26 Å². The molecule has 0 aliphatic heterocycles. The minimum absolute atomic E-state index is 0.0554. The number of benzene rings is 2. The van der Waals surface area contributed by atoms with Crippen molar-refractivity contribution in [2.45, 2.75) is 6.92 Å². The minimum Gasteiger partial charge on any atom is -0.484 e. The van der Waals surface area contributed by atoms with Gasteiger partial charge >= 0.3 is 0 Å². The van der Waals surface area contributed by atoms with Crippen LogP contribution < -0.4 is 10.1 Å². The highest BCUT2D eigenvalue weighted by molar-refractivity contribution is 9.10. The summed E-state index contributed by atoms with van der Waals surface area (Å²) >= 11 is 3.43. The fraction of sp³-hybridized carbons (Fsp3) is 0.250. The maximum Gasteiger partial charge on any atom is 0.257 e. The average molecular weight is 347 g/mol. The number of nitrogens with zero attached hydrogens (tertiary/aromatic N) is 1. The molecule has 2 aromatic carbocycles. The third kappa shape index (κ3) is 4.47. The molecular weight excluding hydrogens is 332 g/mol. The summed E-state index contributed by atoms with van der Waals surface area (Å²) in [4.78, 5) is 11.6. The van der Waals surface area contributed by atoms with Crippen molar-refractivity contribution in [2.24, 2.45) is 5.92 Å². The Morgan fingerprint density at radius 2 is 2.05 bits per heavy atom. The molecule has 0 aliphatic rings. The second-order valence-corrected chi connectivity index (χ2v) is 5.69. The summed E-state index contributed by atoms with van der Waals surface area (Å²) < 4.78 is 6.49. The first kappa shape index (κ1) is 15.3. The highest BCUT2D eigenvalue weighted by Gasteiger charge is 2.06. The Bertz CT molecular complexity index is 694. The Morgan fingerprint density at radius 3 is 2.81 bits per heavy atom. The molecule has 1 N–H and O–H groups in total. The number of hydrogen-bond acceptors (Lipinski definition) is 3. The van der Waals surface area contributed by atoms with Crippen LogP contribution in [0.2, 0.25) is 0 Å². The fourth-order valence-electron chi connectivity index (χ4n) is 1.80. The first-order chi connectivity index (χ1) is 10.1. The van der Waals surface area contributed by atoms with Gasteiger partial charge in [0.15, 0.2) is 6.61 Å². The second kappa shape index (κ2) is 7.09. The van der Waals surface area contributed by atoms with Crippen LogP contribution in [0.15, 0.2) is 40.9 Å². The van der Waals surface area contributed by atoms with Crippen molar-refractivity contribution < 1.29 is 9.53 Å². The molecule has 0 saturated heterocycles. The van der Waals surface area contributed by atoms with E-state index < -0.39 is 0 Å². The smallest absolute Gasteiger partial charge is 0.257 e. The largest absolute Gasteiger partial charge is 0.484 e. The van der Waals surface area contributed by atoms with E-state index in [9.17, 15) is 4.79 Å². The van der Waals surface area contributed by atoms with E-state index in [1.54, 1.807) is 6.92 Å². The standard InChI is InChI=1S/C16H15BrN2O2/c1-11(8-18)9-19-16(20)10-21-15-5-3-12-6-14(17)4-2-13(12)7-15/h2-7,11H,9-10H2,1H3,(H,19,20). The van der Waals surface area contributed by atoms with Crippen LogP contribution in [0.4, 0.5) is 0 Å². The zero-order chi connectivity index (χ0) is 15.2. The third-order valence-electron chi connectivity index (χ3n) is 2.97. The Kier molecular flexibility index (Phi) is 5.18. The van der Waals surface area contributed by atoms with Crippen LogP contribution in [-0.2, 0) is 4.79 Å². The van der Waals surface area contributed by atoms with E-state index in [0.717, 1.165) is 15.2 Å². The molecule has 1 unspecified atom stereocenters. The van der Waals surface area contributed by atoms with E-state index in [2.05, 4.69) is 27.3 Å². The van der Waals surface area contributed by atoms with Gasteiger partial charge in [-0.1, -0.05) is 28.1 Å². The summed E-state index contributed by atoms with van der Waals surface area (Å²) in [5.74, 6) is 0.217. The minimum atomic E-state index is -0.229. The lowest BCUT2D eigenvalue weighted by molar-refractivity contribution is -0.123. The van der Waals surface area contributed by atoms with Crippen LogP contribution in [0.1, 0.15) is 6.92 Å². The number of halogens is 1. The maximum absolute atomic E-state index is 11.6. The third-order valence-corrected chi connectivity index (χ3v) is 3.46. The predicted molar refractivity (Wildman–Crippen MR) is 84.9 cm³/mol. The van der Waals surface area contributed by atoms with Crippen molar-refractivity contribution in [3.05, 3.63) is 40.9 Å². The SMILES string of the molecule is CC(C#N)CNC(=O)COc1ccc2cc(Br)ccc2c1. The molecular formula is C16H15BrN2O2. The Morgan fingerprint density at radius 1 is 1.33 bits per heavy atom. The van der Waals surface area contributed by atoms with Crippen LogP contribution in [0.3, 0.4) is 0 Å².